The van der Waals surface area contributed by atoms with Crippen molar-refractivity contribution < 1.29 is 78.9 Å². The van der Waals surface area contributed by atoms with E-state index in [9.17, 15) is 73.8 Å². The summed E-state index contributed by atoms with van der Waals surface area (Å²) in [5, 5.41) is 76.6. The van der Waals surface area contributed by atoms with Gasteiger partial charge in [0.2, 0.25) is 23.8 Å². The highest BCUT2D eigenvalue weighted by molar-refractivity contribution is 5.86. The van der Waals surface area contributed by atoms with Gasteiger partial charge in [-0.1, -0.05) is 50.7 Å². The number of piperazine rings is 1. The van der Waals surface area contributed by atoms with Crippen molar-refractivity contribution in [3.8, 4) is 0 Å². The number of carboxylic acids is 7. The second-order valence-corrected chi connectivity index (χ2v) is 21.7. The SMILES string of the molecule is CN1CCN(CC(=O)O)CCN(CC(=O)O)CCN(CC(=O)O)C(Cc2ccc(Nc3nc(N(C)CC(=O)O)nc(N4CCN(CCCCCCCCCCC(=O)NCCCC[C@H](NC(=O)N[C@@H](CCC(=O)O)C(=O)O)C(=O)O)CC4)n3)cc2)C1. The number of amides is 3. The molecule has 2 aromatic rings. The number of urea groups is 1. The molecule has 30 nitrogen and oxygen atoms in total. The molecular formula is C55H88N14O16. The average molecular weight is 1200 g/mol. The number of nitrogens with zero attached hydrogens (tertiary/aromatic N) is 10. The van der Waals surface area contributed by atoms with Crippen molar-refractivity contribution in [2.45, 2.75) is 114 Å². The molecule has 85 heavy (non-hydrogen) atoms. The van der Waals surface area contributed by atoms with Crippen LogP contribution in [0.3, 0.4) is 0 Å². The maximum atomic E-state index is 12.4. The van der Waals surface area contributed by atoms with Gasteiger partial charge in [0, 0.05) is 110 Å². The van der Waals surface area contributed by atoms with E-state index >= 15 is 0 Å². The van der Waals surface area contributed by atoms with Crippen LogP contribution in [0, 0.1) is 0 Å². The Kier molecular flexibility index (Phi) is 31.0. The number of benzene rings is 1. The van der Waals surface area contributed by atoms with Crippen molar-refractivity contribution in [3.05, 3.63) is 29.8 Å². The lowest BCUT2D eigenvalue weighted by molar-refractivity contribution is -0.141. The maximum absolute atomic E-state index is 12.4. The molecular weight excluding hydrogens is 1110 g/mol. The standard InChI is InChI=1S/C55H88N14O16/c1-63-23-24-66(36-47(75)76)25-26-67(37-48(77)78)29-32-69(38-49(79)80)41(34-63)33-39-15-17-40(18-16-39)57-52-60-53(64(2)35-46(73)74)62-54(61-52)68-30-27-65(28-31-68)22-12-8-6-4-3-5-7-9-14-44(70)56-21-11-10-13-42(50(81)82)58-55(85)59-43(51(83)84)19-20-45(71)72/h15-18,41-43H,3-14,19-38H2,1-2H3,(H,56,70)(H,71,72)(H,73,74)(H,75,76)(H,77,78)(H,79,80)(H,81,82)(H,83,84)(H2,58,59,85)(H,57,60,61,62)/t41?,42-,43-/m0/s1. The number of likely N-dealkylation sites (N-methyl/N-ethyl adjacent to an activating group) is 2. The Morgan fingerprint density at radius 2 is 1.13 bits per heavy atom. The van der Waals surface area contributed by atoms with Gasteiger partial charge in [-0.15, -0.1) is 0 Å². The molecule has 2 fully saturated rings. The number of hydrogen-bond acceptors (Lipinski definition) is 20. The van der Waals surface area contributed by atoms with Gasteiger partial charge in [-0.25, -0.2) is 14.4 Å². The monoisotopic (exact) mass is 1200 g/mol. The Bertz CT molecular complexity index is 2470. The third-order valence-corrected chi connectivity index (χ3v) is 14.7. The smallest absolute Gasteiger partial charge is 0.326 e. The lowest BCUT2D eigenvalue weighted by Gasteiger charge is -2.37. The Morgan fingerprint density at radius 1 is 0.576 bits per heavy atom. The van der Waals surface area contributed by atoms with Gasteiger partial charge in [0.15, 0.2) is 0 Å². The van der Waals surface area contributed by atoms with Gasteiger partial charge in [0.25, 0.3) is 0 Å². The zero-order valence-electron chi connectivity index (χ0n) is 48.9. The maximum Gasteiger partial charge on any atom is 0.326 e. The van der Waals surface area contributed by atoms with Crippen LogP contribution in [-0.2, 0) is 44.8 Å². The van der Waals surface area contributed by atoms with E-state index in [0.29, 0.717) is 89.7 Å². The van der Waals surface area contributed by atoms with E-state index in [1.807, 2.05) is 36.2 Å². The topological polar surface area (TPSA) is 405 Å². The zero-order valence-corrected chi connectivity index (χ0v) is 48.9. The third-order valence-electron chi connectivity index (χ3n) is 14.7. The summed E-state index contributed by atoms with van der Waals surface area (Å²) in [7, 11) is 3.51. The molecule has 1 aromatic heterocycles. The molecule has 3 heterocycles. The summed E-state index contributed by atoms with van der Waals surface area (Å²) in [5.74, 6) is -7.34. The molecule has 30 heteroatoms. The van der Waals surface area contributed by atoms with Gasteiger partial charge in [0.1, 0.15) is 18.6 Å². The molecule has 11 N–H and O–H groups in total. The summed E-state index contributed by atoms with van der Waals surface area (Å²) in [6.45, 7) is 5.70. The van der Waals surface area contributed by atoms with Crippen LogP contribution in [0.4, 0.5) is 28.3 Å². The van der Waals surface area contributed by atoms with E-state index in [4.69, 9.17) is 10.1 Å². The van der Waals surface area contributed by atoms with Gasteiger partial charge in [-0.05, 0) is 76.2 Å². The fourth-order valence-electron chi connectivity index (χ4n) is 10.0. The van der Waals surface area contributed by atoms with E-state index in [1.165, 1.54) is 4.90 Å². The lowest BCUT2D eigenvalue weighted by Crippen LogP contribution is -2.52. The normalized spacial score (nSPS) is 16.9. The molecule has 474 valence electrons. The first kappa shape index (κ1) is 69.9. The molecule has 2 aliphatic rings. The molecule has 0 aliphatic carbocycles. The number of carboxylic acid groups (broad SMARTS) is 7. The van der Waals surface area contributed by atoms with Crippen molar-refractivity contribution in [3.63, 3.8) is 0 Å². The highest BCUT2D eigenvalue weighted by Crippen LogP contribution is 2.23. The molecule has 0 spiro atoms. The first-order chi connectivity index (χ1) is 40.5. The van der Waals surface area contributed by atoms with Crippen molar-refractivity contribution >= 4 is 77.3 Å². The number of anilines is 4. The first-order valence-corrected chi connectivity index (χ1v) is 29.1. The summed E-state index contributed by atoms with van der Waals surface area (Å²) < 4.78 is 0. The molecule has 3 amide bonds. The van der Waals surface area contributed by atoms with E-state index < -0.39 is 66.3 Å². The van der Waals surface area contributed by atoms with Crippen LogP contribution in [0.25, 0.3) is 0 Å². The predicted octanol–water partition coefficient (Wildman–Crippen LogP) is 1.14. The highest BCUT2D eigenvalue weighted by atomic mass is 16.4. The molecule has 2 aliphatic heterocycles. The van der Waals surface area contributed by atoms with E-state index in [2.05, 4.69) is 45.9 Å². The van der Waals surface area contributed by atoms with Crippen LogP contribution < -0.4 is 31.1 Å². The number of carbonyl (C=O) groups excluding carboxylic acids is 2. The quantitative estimate of drug-likeness (QED) is 0.0423. The Labute approximate surface area is 494 Å². The number of carbonyl (C=O) groups is 9. The largest absolute Gasteiger partial charge is 0.481 e. The third kappa shape index (κ3) is 28.7. The number of aliphatic carboxylic acids is 7. The minimum absolute atomic E-state index is 0.0438. The minimum atomic E-state index is -1.49. The summed E-state index contributed by atoms with van der Waals surface area (Å²) in [6.07, 6.45) is 8.97. The Morgan fingerprint density at radius 3 is 1.71 bits per heavy atom. The number of rotatable bonds is 37. The molecule has 0 radical (unpaired) electrons. The van der Waals surface area contributed by atoms with Crippen LogP contribution in [0.2, 0.25) is 0 Å². The minimum Gasteiger partial charge on any atom is -0.481 e. The number of hydrogen-bond donors (Lipinski definition) is 11. The fraction of sp³-hybridized carbons (Fsp3) is 0.673. The number of unbranched alkanes of at least 4 members (excludes halogenated alkanes) is 8. The molecule has 3 atom stereocenters. The lowest BCUT2D eigenvalue weighted by atomic mass is 10.0. The van der Waals surface area contributed by atoms with Crippen molar-refractivity contribution in [1.29, 1.82) is 0 Å². The van der Waals surface area contributed by atoms with Crippen molar-refractivity contribution in [2.24, 2.45) is 0 Å². The number of nitrogens with one attached hydrogen (secondary N) is 4. The van der Waals surface area contributed by atoms with Crippen LogP contribution in [0.5, 0.6) is 0 Å². The molecule has 1 unspecified atom stereocenters. The molecule has 0 saturated carbocycles. The van der Waals surface area contributed by atoms with E-state index in [-0.39, 0.29) is 76.0 Å². The molecule has 1 aromatic carbocycles. The van der Waals surface area contributed by atoms with Crippen molar-refractivity contribution in [1.82, 2.24) is 55.4 Å². The van der Waals surface area contributed by atoms with Crippen LogP contribution in [0.15, 0.2) is 24.3 Å². The predicted molar refractivity (Wildman–Crippen MR) is 311 cm³/mol. The second kappa shape index (κ2) is 37.7. The zero-order chi connectivity index (χ0) is 62.3. The summed E-state index contributed by atoms with van der Waals surface area (Å²) in [6, 6.07) is 3.43. The number of aromatic nitrogens is 3. The van der Waals surface area contributed by atoms with E-state index in [1.54, 1.807) is 16.8 Å². The van der Waals surface area contributed by atoms with Crippen molar-refractivity contribution in [2.75, 3.05) is 140 Å². The molecule has 4 rings (SSSR count). The van der Waals surface area contributed by atoms with Gasteiger partial charge in [-0.3, -0.25) is 48.4 Å². The van der Waals surface area contributed by atoms with Crippen LogP contribution in [0.1, 0.15) is 95.5 Å². The summed E-state index contributed by atoms with van der Waals surface area (Å²) in [4.78, 5) is 133. The van der Waals surface area contributed by atoms with E-state index in [0.717, 1.165) is 76.6 Å². The van der Waals surface area contributed by atoms with Gasteiger partial charge >= 0.3 is 47.8 Å². The van der Waals surface area contributed by atoms with Crippen LogP contribution in [-0.4, -0.2) is 272 Å². The van der Waals surface area contributed by atoms with Crippen LogP contribution >= 0.6 is 0 Å². The molecule has 2 saturated heterocycles. The molecule has 0 bridgehead atoms. The van der Waals surface area contributed by atoms with Gasteiger partial charge in [-0.2, -0.15) is 15.0 Å². The second-order valence-electron chi connectivity index (χ2n) is 21.7. The summed E-state index contributed by atoms with van der Waals surface area (Å²) in [5.41, 5.74) is 1.56. The fourth-order valence-corrected chi connectivity index (χ4v) is 10.0. The first-order valence-electron chi connectivity index (χ1n) is 29.1. The highest BCUT2D eigenvalue weighted by Gasteiger charge is 2.28. The van der Waals surface area contributed by atoms with Gasteiger partial charge < -0.3 is 71.7 Å². The summed E-state index contributed by atoms with van der Waals surface area (Å²) >= 11 is 0. The Hall–Kier alpha value is -7.54. The van der Waals surface area contributed by atoms with Gasteiger partial charge in [0.05, 0.1) is 19.6 Å². The Balaban J connectivity index is 1.19. The average Bonchev–Trinajstić information content (AvgIpc) is 3.65.